The zero-order valence-corrected chi connectivity index (χ0v) is 18.1. The van der Waals surface area contributed by atoms with Gasteiger partial charge in [-0.05, 0) is 34.9 Å². The van der Waals surface area contributed by atoms with Crippen LogP contribution in [0.1, 0.15) is 27.9 Å². The highest BCUT2D eigenvalue weighted by Gasteiger charge is 2.29. The minimum atomic E-state index is -4.37. The van der Waals surface area contributed by atoms with E-state index in [1.165, 1.54) is 12.1 Å². The molecule has 0 unspecified atom stereocenters. The van der Waals surface area contributed by atoms with Gasteiger partial charge in [-0.25, -0.2) is 0 Å². The molecule has 0 N–H and O–H groups in total. The minimum Gasteiger partial charge on any atom is -0.483 e. The van der Waals surface area contributed by atoms with Crippen LogP contribution in [-0.2, 0) is 19.4 Å². The predicted octanol–water partition coefficient (Wildman–Crippen LogP) is 6.82. The summed E-state index contributed by atoms with van der Waals surface area (Å²) in [4.78, 5) is 0. The lowest BCUT2D eigenvalue weighted by molar-refractivity contribution is -0.137. The molecule has 0 fully saturated rings. The van der Waals surface area contributed by atoms with Crippen LogP contribution in [0.2, 0.25) is 0 Å². The van der Waals surface area contributed by atoms with Gasteiger partial charge in [0, 0.05) is 6.07 Å². The molecule has 0 aliphatic heterocycles. The van der Waals surface area contributed by atoms with Gasteiger partial charge in [0.25, 0.3) is 5.88 Å². The normalized spacial score (nSPS) is 11.5. The molecule has 4 rings (SSSR count). The number of hydrogen-bond donors (Lipinski definition) is 0. The van der Waals surface area contributed by atoms with Crippen LogP contribution in [0.25, 0.3) is 12.2 Å². The Hall–Kier alpha value is -4.13. The second-order valence-electron chi connectivity index (χ2n) is 7.44. The number of nitrogens with zero attached hydrogens (tertiary/aromatic N) is 2. The molecule has 0 aliphatic rings. The molecule has 0 saturated heterocycles. The summed E-state index contributed by atoms with van der Waals surface area (Å²) in [5.74, 6) is 0.674. The fraction of sp³-hybridized carbons (Fsp3) is 0.111. The number of hydrogen-bond acceptors (Lipinski definition) is 4. The van der Waals surface area contributed by atoms with Crippen LogP contribution in [0.5, 0.6) is 11.6 Å². The summed E-state index contributed by atoms with van der Waals surface area (Å²) in [6, 6.07) is 25.9. The second kappa shape index (κ2) is 10.7. The molecule has 0 spiro atoms. The van der Waals surface area contributed by atoms with Gasteiger partial charge in [0.15, 0.2) is 5.75 Å². The number of ether oxygens (including phenoxy) is 2. The summed E-state index contributed by atoms with van der Waals surface area (Å²) in [5.41, 5.74) is 2.35. The van der Waals surface area contributed by atoms with Gasteiger partial charge >= 0.3 is 6.18 Å². The standard InChI is InChI=1S/C27H21F3N2O2/c28-27(29,30)23-14-11-20(12-15-23)13-16-24-17-25(33-18-21-7-3-1-4-8-21)26(32-31-24)34-19-22-9-5-2-6-10-22/h1-17H,18-19H2/b16-13+. The van der Waals surface area contributed by atoms with Crippen LogP contribution < -0.4 is 9.47 Å². The molecule has 7 heteroatoms. The van der Waals surface area contributed by atoms with Gasteiger partial charge in [0.05, 0.1) is 11.3 Å². The first-order valence-electron chi connectivity index (χ1n) is 10.5. The SMILES string of the molecule is FC(F)(F)c1ccc(/C=C/c2cc(OCc3ccccc3)c(OCc3ccccc3)nn2)cc1. The lowest BCUT2D eigenvalue weighted by atomic mass is 10.1. The average molecular weight is 462 g/mol. The van der Waals surface area contributed by atoms with Crippen LogP contribution in [0.4, 0.5) is 13.2 Å². The van der Waals surface area contributed by atoms with Crippen LogP contribution >= 0.6 is 0 Å². The maximum atomic E-state index is 12.8. The van der Waals surface area contributed by atoms with E-state index < -0.39 is 11.7 Å². The Balaban J connectivity index is 1.52. The average Bonchev–Trinajstić information content (AvgIpc) is 2.86. The smallest absolute Gasteiger partial charge is 0.416 e. The quantitative estimate of drug-likeness (QED) is 0.288. The minimum absolute atomic E-state index is 0.256. The van der Waals surface area contributed by atoms with Crippen molar-refractivity contribution in [2.75, 3.05) is 0 Å². The van der Waals surface area contributed by atoms with Crippen molar-refractivity contribution in [2.24, 2.45) is 0 Å². The summed E-state index contributed by atoms with van der Waals surface area (Å²) >= 11 is 0. The van der Waals surface area contributed by atoms with E-state index in [-0.39, 0.29) is 5.88 Å². The molecule has 0 saturated carbocycles. The molecule has 1 heterocycles. The molecular formula is C27H21F3N2O2. The number of alkyl halides is 3. The Morgan fingerprint density at radius 1 is 0.676 bits per heavy atom. The van der Waals surface area contributed by atoms with Crippen molar-refractivity contribution < 1.29 is 22.6 Å². The summed E-state index contributed by atoms with van der Waals surface area (Å²) in [6.07, 6.45) is -1.05. The van der Waals surface area contributed by atoms with Crippen LogP contribution in [0, 0.1) is 0 Å². The Morgan fingerprint density at radius 2 is 1.26 bits per heavy atom. The maximum Gasteiger partial charge on any atom is 0.416 e. The maximum absolute atomic E-state index is 12.8. The van der Waals surface area contributed by atoms with Crippen LogP contribution in [-0.4, -0.2) is 10.2 Å². The highest BCUT2D eigenvalue weighted by Crippen LogP contribution is 2.30. The van der Waals surface area contributed by atoms with E-state index in [0.717, 1.165) is 23.3 Å². The largest absolute Gasteiger partial charge is 0.483 e. The third-order valence-electron chi connectivity index (χ3n) is 4.89. The molecule has 3 aromatic carbocycles. The van der Waals surface area contributed by atoms with Crippen LogP contribution in [0.3, 0.4) is 0 Å². The summed E-state index contributed by atoms with van der Waals surface area (Å²) < 4.78 is 50.1. The number of benzene rings is 3. The van der Waals surface area contributed by atoms with E-state index in [4.69, 9.17) is 9.47 Å². The molecule has 0 atom stereocenters. The van der Waals surface area contributed by atoms with Gasteiger partial charge in [-0.1, -0.05) is 78.9 Å². The van der Waals surface area contributed by atoms with Gasteiger partial charge in [-0.15, -0.1) is 10.2 Å². The van der Waals surface area contributed by atoms with Crippen molar-refractivity contribution in [3.8, 4) is 11.6 Å². The van der Waals surface area contributed by atoms with E-state index in [0.29, 0.717) is 30.2 Å². The molecule has 4 nitrogen and oxygen atoms in total. The van der Waals surface area contributed by atoms with Crippen molar-refractivity contribution in [1.82, 2.24) is 10.2 Å². The summed E-state index contributed by atoms with van der Waals surface area (Å²) in [5, 5.41) is 8.32. The lowest BCUT2D eigenvalue weighted by Crippen LogP contribution is -2.04. The Bertz CT molecular complexity index is 1230. The van der Waals surface area contributed by atoms with Crippen molar-refractivity contribution in [1.29, 1.82) is 0 Å². The first kappa shape index (κ1) is 23.0. The van der Waals surface area contributed by atoms with Gasteiger partial charge in [0.2, 0.25) is 0 Å². The molecule has 0 aliphatic carbocycles. The first-order valence-corrected chi connectivity index (χ1v) is 10.5. The third kappa shape index (κ3) is 6.45. The molecule has 4 aromatic rings. The van der Waals surface area contributed by atoms with Gasteiger partial charge in [0.1, 0.15) is 13.2 Å². The number of halogens is 3. The molecule has 0 radical (unpaired) electrons. The third-order valence-corrected chi connectivity index (χ3v) is 4.89. The monoisotopic (exact) mass is 462 g/mol. The summed E-state index contributed by atoms with van der Waals surface area (Å²) in [6.45, 7) is 0.619. The van der Waals surface area contributed by atoms with Gasteiger partial charge in [-0.2, -0.15) is 13.2 Å². The molecule has 0 bridgehead atoms. The zero-order valence-electron chi connectivity index (χ0n) is 18.1. The number of aromatic nitrogens is 2. The van der Waals surface area contributed by atoms with E-state index in [1.807, 2.05) is 60.7 Å². The predicted molar refractivity (Wildman–Crippen MR) is 124 cm³/mol. The van der Waals surface area contributed by atoms with Crippen molar-refractivity contribution in [3.63, 3.8) is 0 Å². The molecular weight excluding hydrogens is 441 g/mol. The van der Waals surface area contributed by atoms with Crippen LogP contribution in [0.15, 0.2) is 91.0 Å². The van der Waals surface area contributed by atoms with Gasteiger partial charge < -0.3 is 9.47 Å². The Morgan fingerprint density at radius 3 is 1.85 bits per heavy atom. The lowest BCUT2D eigenvalue weighted by Gasteiger charge is -2.12. The van der Waals surface area contributed by atoms with E-state index >= 15 is 0 Å². The highest BCUT2D eigenvalue weighted by molar-refractivity contribution is 5.68. The zero-order chi connectivity index (χ0) is 23.8. The summed E-state index contributed by atoms with van der Waals surface area (Å²) in [7, 11) is 0. The molecule has 34 heavy (non-hydrogen) atoms. The first-order chi connectivity index (χ1) is 16.5. The van der Waals surface area contributed by atoms with E-state index in [2.05, 4.69) is 10.2 Å². The highest BCUT2D eigenvalue weighted by atomic mass is 19.4. The topological polar surface area (TPSA) is 44.2 Å². The number of rotatable bonds is 8. The van der Waals surface area contributed by atoms with E-state index in [9.17, 15) is 13.2 Å². The Kier molecular flexibility index (Phi) is 7.22. The molecule has 1 aromatic heterocycles. The molecule has 0 amide bonds. The van der Waals surface area contributed by atoms with Crippen molar-refractivity contribution in [3.05, 3.63) is 119 Å². The fourth-order valence-corrected chi connectivity index (χ4v) is 3.09. The fourth-order valence-electron chi connectivity index (χ4n) is 3.09. The molecule has 172 valence electrons. The van der Waals surface area contributed by atoms with Gasteiger partial charge in [-0.3, -0.25) is 0 Å². The van der Waals surface area contributed by atoms with Crippen molar-refractivity contribution >= 4 is 12.2 Å². The van der Waals surface area contributed by atoms with Crippen molar-refractivity contribution in [2.45, 2.75) is 19.4 Å². The second-order valence-corrected chi connectivity index (χ2v) is 7.44. The Labute approximate surface area is 195 Å². The van der Waals surface area contributed by atoms with E-state index in [1.54, 1.807) is 18.2 Å².